The van der Waals surface area contributed by atoms with Crippen molar-refractivity contribution in [3.8, 4) is 0 Å². The van der Waals surface area contributed by atoms with E-state index in [2.05, 4.69) is 5.32 Å². The van der Waals surface area contributed by atoms with Crippen molar-refractivity contribution in [1.29, 1.82) is 0 Å². The van der Waals surface area contributed by atoms with Crippen LogP contribution >= 0.6 is 12.4 Å². The maximum Gasteiger partial charge on any atom is 0.224 e. The lowest BCUT2D eigenvalue weighted by Crippen LogP contribution is -2.38. The molecule has 1 aromatic rings. The third-order valence-electron chi connectivity index (χ3n) is 4.21. The zero-order valence-electron chi connectivity index (χ0n) is 12.3. The van der Waals surface area contributed by atoms with Gasteiger partial charge in [0.1, 0.15) is 5.82 Å². The van der Waals surface area contributed by atoms with E-state index in [4.69, 9.17) is 5.73 Å². The van der Waals surface area contributed by atoms with Gasteiger partial charge in [0.25, 0.3) is 0 Å². The molecule has 0 aliphatic heterocycles. The topological polar surface area (TPSA) is 55.1 Å². The number of halogens is 2. The first-order valence-corrected chi connectivity index (χ1v) is 7.38. The van der Waals surface area contributed by atoms with Gasteiger partial charge in [0.15, 0.2) is 0 Å². The van der Waals surface area contributed by atoms with Crippen molar-refractivity contribution in [2.45, 2.75) is 38.6 Å². The quantitative estimate of drug-likeness (QED) is 0.877. The van der Waals surface area contributed by atoms with Gasteiger partial charge in [-0.3, -0.25) is 4.79 Å². The van der Waals surface area contributed by atoms with Gasteiger partial charge in [0, 0.05) is 18.0 Å². The third-order valence-corrected chi connectivity index (χ3v) is 4.21. The molecule has 2 unspecified atom stereocenters. The lowest BCUT2D eigenvalue weighted by atomic mass is 9.90. The molecule has 1 saturated carbocycles. The monoisotopic (exact) mass is 314 g/mol. The molecule has 1 aliphatic rings. The number of carbonyl (C=O) groups is 1. The Kier molecular flexibility index (Phi) is 7.12. The van der Waals surface area contributed by atoms with Gasteiger partial charge in [-0.2, -0.15) is 0 Å². The second-order valence-corrected chi connectivity index (χ2v) is 5.69. The van der Waals surface area contributed by atoms with Crippen LogP contribution in [0.3, 0.4) is 0 Å². The van der Waals surface area contributed by atoms with Crippen LogP contribution in [-0.2, 0) is 4.79 Å². The van der Waals surface area contributed by atoms with Gasteiger partial charge >= 0.3 is 0 Å². The number of nitrogens with two attached hydrogens (primary N) is 1. The fourth-order valence-electron chi connectivity index (χ4n) is 2.87. The maximum absolute atomic E-state index is 14.1. The van der Waals surface area contributed by atoms with Gasteiger partial charge in [-0.05, 0) is 24.8 Å². The smallest absolute Gasteiger partial charge is 0.224 e. The summed E-state index contributed by atoms with van der Waals surface area (Å²) < 4.78 is 14.1. The number of hydrogen-bond acceptors (Lipinski definition) is 2. The standard InChI is InChI=1S/C16H23FN2O.ClH/c1-11(10-18)16(20)19-15(12-6-2-3-7-12)13-8-4-5-9-14(13)17;/h4-5,8-9,11-12,15H,2-3,6-7,10,18H2,1H3,(H,19,20);1H. The molecule has 1 amide bonds. The van der Waals surface area contributed by atoms with Crippen molar-refractivity contribution in [3.63, 3.8) is 0 Å². The molecule has 3 N–H and O–H groups in total. The van der Waals surface area contributed by atoms with E-state index in [1.54, 1.807) is 19.1 Å². The van der Waals surface area contributed by atoms with E-state index in [0.29, 0.717) is 18.0 Å². The molecule has 21 heavy (non-hydrogen) atoms. The van der Waals surface area contributed by atoms with E-state index in [0.717, 1.165) is 25.7 Å². The summed E-state index contributed by atoms with van der Waals surface area (Å²) in [6.45, 7) is 2.10. The first-order valence-electron chi connectivity index (χ1n) is 7.38. The van der Waals surface area contributed by atoms with Crippen LogP contribution in [0.1, 0.15) is 44.2 Å². The zero-order chi connectivity index (χ0) is 14.5. The van der Waals surface area contributed by atoms with E-state index in [9.17, 15) is 9.18 Å². The van der Waals surface area contributed by atoms with E-state index in [-0.39, 0.29) is 36.1 Å². The predicted molar refractivity (Wildman–Crippen MR) is 84.7 cm³/mol. The molecule has 0 bridgehead atoms. The Labute approximate surface area is 131 Å². The molecule has 0 aromatic heterocycles. The molecule has 0 spiro atoms. The van der Waals surface area contributed by atoms with Crippen LogP contribution in [0.2, 0.25) is 0 Å². The second-order valence-electron chi connectivity index (χ2n) is 5.69. The number of rotatable bonds is 5. The molecular formula is C16H24ClFN2O. The van der Waals surface area contributed by atoms with Crippen LogP contribution in [0.4, 0.5) is 4.39 Å². The summed E-state index contributed by atoms with van der Waals surface area (Å²) in [7, 11) is 0. The van der Waals surface area contributed by atoms with Gasteiger partial charge in [0.05, 0.1) is 6.04 Å². The van der Waals surface area contributed by atoms with Gasteiger partial charge in [-0.1, -0.05) is 38.0 Å². The number of amides is 1. The lowest BCUT2D eigenvalue weighted by Gasteiger charge is -2.27. The van der Waals surface area contributed by atoms with Crippen molar-refractivity contribution in [3.05, 3.63) is 35.6 Å². The van der Waals surface area contributed by atoms with Gasteiger partial charge in [-0.15, -0.1) is 12.4 Å². The van der Waals surface area contributed by atoms with Crippen LogP contribution in [0, 0.1) is 17.7 Å². The van der Waals surface area contributed by atoms with Crippen molar-refractivity contribution in [2.75, 3.05) is 6.54 Å². The summed E-state index contributed by atoms with van der Waals surface area (Å²) in [6, 6.07) is 6.48. The van der Waals surface area contributed by atoms with Crippen LogP contribution in [-0.4, -0.2) is 12.5 Å². The zero-order valence-corrected chi connectivity index (χ0v) is 13.2. The van der Waals surface area contributed by atoms with Crippen molar-refractivity contribution in [1.82, 2.24) is 5.32 Å². The Morgan fingerprint density at radius 2 is 2.00 bits per heavy atom. The highest BCUT2D eigenvalue weighted by Crippen LogP contribution is 2.36. The SMILES string of the molecule is CC(CN)C(=O)NC(c1ccccc1F)C1CCCC1.Cl. The highest BCUT2D eigenvalue weighted by molar-refractivity contribution is 5.85. The Morgan fingerprint density at radius 3 is 2.57 bits per heavy atom. The largest absolute Gasteiger partial charge is 0.349 e. The minimum atomic E-state index is -0.245. The summed E-state index contributed by atoms with van der Waals surface area (Å²) in [6.07, 6.45) is 4.38. The molecule has 5 heteroatoms. The van der Waals surface area contributed by atoms with Crippen LogP contribution < -0.4 is 11.1 Å². The molecule has 1 fully saturated rings. The average Bonchev–Trinajstić information content (AvgIpc) is 2.98. The molecule has 1 aromatic carbocycles. The number of hydrogen-bond donors (Lipinski definition) is 2. The number of carbonyl (C=O) groups excluding carboxylic acids is 1. The second kappa shape index (κ2) is 8.35. The normalized spacial score (nSPS) is 17.9. The van der Waals surface area contributed by atoms with E-state index < -0.39 is 0 Å². The fourth-order valence-corrected chi connectivity index (χ4v) is 2.87. The van der Waals surface area contributed by atoms with Crippen molar-refractivity contribution >= 4 is 18.3 Å². The van der Waals surface area contributed by atoms with E-state index in [1.807, 2.05) is 6.07 Å². The van der Waals surface area contributed by atoms with Crippen molar-refractivity contribution < 1.29 is 9.18 Å². The highest BCUT2D eigenvalue weighted by atomic mass is 35.5. The minimum Gasteiger partial charge on any atom is -0.349 e. The van der Waals surface area contributed by atoms with Gasteiger partial charge < -0.3 is 11.1 Å². The predicted octanol–water partition coefficient (Wildman–Crippen LogP) is 3.19. The van der Waals surface area contributed by atoms with Crippen LogP contribution in [0.5, 0.6) is 0 Å². The molecule has 0 heterocycles. The Bertz CT molecular complexity index is 463. The first-order chi connectivity index (χ1) is 9.63. The molecule has 118 valence electrons. The maximum atomic E-state index is 14.1. The summed E-state index contributed by atoms with van der Waals surface area (Å²) in [5.41, 5.74) is 6.13. The highest BCUT2D eigenvalue weighted by Gasteiger charge is 2.30. The number of nitrogens with one attached hydrogen (secondary N) is 1. The average molecular weight is 315 g/mol. The Hall–Kier alpha value is -1.13. The first kappa shape index (κ1) is 17.9. The van der Waals surface area contributed by atoms with E-state index in [1.165, 1.54) is 6.07 Å². The van der Waals surface area contributed by atoms with Crippen LogP contribution in [0.15, 0.2) is 24.3 Å². The minimum absolute atomic E-state index is 0. The Morgan fingerprint density at radius 1 is 1.38 bits per heavy atom. The van der Waals surface area contributed by atoms with Gasteiger partial charge in [0.2, 0.25) is 5.91 Å². The molecule has 2 rings (SSSR count). The third kappa shape index (κ3) is 4.42. The summed E-state index contributed by atoms with van der Waals surface area (Å²) in [5, 5.41) is 3.01. The van der Waals surface area contributed by atoms with Crippen molar-refractivity contribution in [2.24, 2.45) is 17.6 Å². The molecule has 1 aliphatic carbocycles. The van der Waals surface area contributed by atoms with Gasteiger partial charge in [-0.25, -0.2) is 4.39 Å². The summed E-state index contributed by atoms with van der Waals surface area (Å²) in [5.74, 6) is -0.260. The fraction of sp³-hybridized carbons (Fsp3) is 0.562. The number of benzene rings is 1. The molecule has 0 saturated heterocycles. The Balaban J connectivity index is 0.00000220. The van der Waals surface area contributed by atoms with Crippen LogP contribution in [0.25, 0.3) is 0 Å². The summed E-state index contributed by atoms with van der Waals surface area (Å²) in [4.78, 5) is 12.1. The molecule has 0 radical (unpaired) electrons. The summed E-state index contributed by atoms with van der Waals surface area (Å²) >= 11 is 0. The van der Waals surface area contributed by atoms with E-state index >= 15 is 0 Å². The molecule has 3 nitrogen and oxygen atoms in total. The molecular weight excluding hydrogens is 291 g/mol. The molecule has 2 atom stereocenters. The lowest BCUT2D eigenvalue weighted by molar-refractivity contribution is -0.125.